The number of hydrogen-bond acceptors (Lipinski definition) is 3. The maximum absolute atomic E-state index is 11.9. The molecule has 1 N–H and O–H groups in total. The highest BCUT2D eigenvalue weighted by Gasteiger charge is 2.29. The molecule has 0 aromatic carbocycles. The third kappa shape index (κ3) is 5.58. The first kappa shape index (κ1) is 16.0. The van der Waals surface area contributed by atoms with Crippen LogP contribution in [-0.4, -0.2) is 56.5 Å². The van der Waals surface area contributed by atoms with Gasteiger partial charge in [-0.3, -0.25) is 0 Å². The number of hydrogen-bond donors (Lipinski definition) is 1. The van der Waals surface area contributed by atoms with Crippen LogP contribution < -0.4 is 5.32 Å². The molecule has 0 aliphatic carbocycles. The third-order valence-electron chi connectivity index (χ3n) is 4.24. The van der Waals surface area contributed by atoms with E-state index in [9.17, 15) is 13.2 Å². The zero-order valence-corrected chi connectivity index (χ0v) is 11.9. The second kappa shape index (κ2) is 7.61. The smallest absolute Gasteiger partial charge is 0.372 e. The van der Waals surface area contributed by atoms with E-state index in [2.05, 4.69) is 15.0 Å². The van der Waals surface area contributed by atoms with Gasteiger partial charge in [0.15, 0.2) is 0 Å². The second-order valence-electron chi connectivity index (χ2n) is 5.93. The normalized spacial score (nSPS) is 28.9. The molecule has 2 saturated heterocycles. The summed E-state index contributed by atoms with van der Waals surface area (Å²) in [5, 5.41) is 3.56. The minimum Gasteiger partial charge on any atom is -0.372 e. The molecule has 2 heterocycles. The molecule has 0 spiro atoms. The Kier molecular flexibility index (Phi) is 6.11. The van der Waals surface area contributed by atoms with Crippen molar-refractivity contribution in [3.05, 3.63) is 0 Å². The van der Waals surface area contributed by atoms with E-state index in [1.165, 1.54) is 25.7 Å². The van der Waals surface area contributed by atoms with Crippen LogP contribution in [0.25, 0.3) is 0 Å². The molecule has 2 unspecified atom stereocenters. The van der Waals surface area contributed by atoms with Crippen molar-refractivity contribution in [1.82, 2.24) is 10.2 Å². The summed E-state index contributed by atoms with van der Waals surface area (Å²) in [6, 6.07) is 0.652. The van der Waals surface area contributed by atoms with Gasteiger partial charge in [-0.15, -0.1) is 0 Å². The molecule has 118 valence electrons. The van der Waals surface area contributed by atoms with Gasteiger partial charge in [-0.05, 0) is 51.1 Å². The Hall–Kier alpha value is -0.330. The van der Waals surface area contributed by atoms with Crippen LogP contribution in [0.4, 0.5) is 13.2 Å². The first-order valence-electron chi connectivity index (χ1n) is 7.65. The number of nitrogens with one attached hydrogen (secondary N) is 1. The first-order chi connectivity index (χ1) is 9.54. The number of alkyl halides is 3. The lowest BCUT2D eigenvalue weighted by atomic mass is 9.90. The highest BCUT2D eigenvalue weighted by molar-refractivity contribution is 4.86. The fourth-order valence-corrected chi connectivity index (χ4v) is 3.31. The van der Waals surface area contributed by atoms with E-state index in [0.717, 1.165) is 26.2 Å². The Balaban J connectivity index is 1.58. The Morgan fingerprint density at radius 2 is 2.05 bits per heavy atom. The predicted molar refractivity (Wildman–Crippen MR) is 71.7 cm³/mol. The molecule has 20 heavy (non-hydrogen) atoms. The molecule has 0 saturated carbocycles. The molecule has 0 aromatic rings. The molecule has 0 bridgehead atoms. The van der Waals surface area contributed by atoms with E-state index in [1.54, 1.807) is 0 Å². The van der Waals surface area contributed by atoms with Crippen molar-refractivity contribution in [2.45, 2.75) is 44.3 Å². The van der Waals surface area contributed by atoms with Crippen LogP contribution in [0.5, 0.6) is 0 Å². The van der Waals surface area contributed by atoms with Gasteiger partial charge in [-0.2, -0.15) is 13.2 Å². The van der Waals surface area contributed by atoms with Crippen molar-refractivity contribution >= 4 is 0 Å². The number of halogens is 3. The van der Waals surface area contributed by atoms with Crippen LogP contribution in [0, 0.1) is 5.92 Å². The second-order valence-corrected chi connectivity index (χ2v) is 5.93. The standard InChI is InChI=1S/C14H25F3N2O/c15-14(16,17)11-20-9-3-8-19-7-2-4-12(10-19)13-5-1-6-18-13/h12-13,18H,1-11H2. The van der Waals surface area contributed by atoms with Gasteiger partial charge in [-0.25, -0.2) is 0 Å². The lowest BCUT2D eigenvalue weighted by molar-refractivity contribution is -0.174. The summed E-state index contributed by atoms with van der Waals surface area (Å²) in [4.78, 5) is 2.38. The molecular weight excluding hydrogens is 269 g/mol. The van der Waals surface area contributed by atoms with E-state index >= 15 is 0 Å². The summed E-state index contributed by atoms with van der Waals surface area (Å²) in [5.41, 5.74) is 0. The van der Waals surface area contributed by atoms with Gasteiger partial charge < -0.3 is 15.0 Å². The quantitative estimate of drug-likeness (QED) is 0.761. The molecule has 6 heteroatoms. The fourth-order valence-electron chi connectivity index (χ4n) is 3.31. The van der Waals surface area contributed by atoms with E-state index < -0.39 is 12.8 Å². The average molecular weight is 294 g/mol. The minimum absolute atomic E-state index is 0.197. The maximum Gasteiger partial charge on any atom is 0.411 e. The Labute approximate surface area is 118 Å². The number of ether oxygens (including phenoxy) is 1. The molecular formula is C14H25F3N2O. The highest BCUT2D eigenvalue weighted by atomic mass is 19.4. The molecule has 2 rings (SSSR count). The molecule has 0 amide bonds. The summed E-state index contributed by atoms with van der Waals surface area (Å²) in [6.07, 6.45) is 1.50. The predicted octanol–water partition coefficient (Wildman–Crippen LogP) is 2.42. The van der Waals surface area contributed by atoms with E-state index in [-0.39, 0.29) is 6.61 Å². The van der Waals surface area contributed by atoms with Crippen LogP contribution >= 0.6 is 0 Å². The largest absolute Gasteiger partial charge is 0.411 e. The van der Waals surface area contributed by atoms with Gasteiger partial charge in [0.25, 0.3) is 0 Å². The van der Waals surface area contributed by atoms with Crippen LogP contribution in [0.2, 0.25) is 0 Å². The molecule has 2 aliphatic heterocycles. The van der Waals surface area contributed by atoms with E-state index in [4.69, 9.17) is 0 Å². The fraction of sp³-hybridized carbons (Fsp3) is 1.00. The number of piperidine rings is 1. The van der Waals surface area contributed by atoms with E-state index in [0.29, 0.717) is 18.4 Å². The molecule has 0 aromatic heterocycles. The van der Waals surface area contributed by atoms with Gasteiger partial charge >= 0.3 is 6.18 Å². The van der Waals surface area contributed by atoms with Crippen LogP contribution in [0.15, 0.2) is 0 Å². The van der Waals surface area contributed by atoms with Gasteiger partial charge in [0, 0.05) is 25.7 Å². The van der Waals surface area contributed by atoms with E-state index in [1.807, 2.05) is 0 Å². The van der Waals surface area contributed by atoms with Crippen molar-refractivity contribution in [2.24, 2.45) is 5.92 Å². The molecule has 3 nitrogen and oxygen atoms in total. The summed E-state index contributed by atoms with van der Waals surface area (Å²) in [6.45, 7) is 3.21. The van der Waals surface area contributed by atoms with Crippen LogP contribution in [0.1, 0.15) is 32.1 Å². The topological polar surface area (TPSA) is 24.5 Å². The van der Waals surface area contributed by atoms with Crippen LogP contribution in [-0.2, 0) is 4.74 Å². The summed E-state index contributed by atoms with van der Waals surface area (Å²) < 4.78 is 40.4. The van der Waals surface area contributed by atoms with Crippen molar-refractivity contribution in [1.29, 1.82) is 0 Å². The monoisotopic (exact) mass is 294 g/mol. The Morgan fingerprint density at radius 1 is 1.20 bits per heavy atom. The number of likely N-dealkylation sites (tertiary alicyclic amines) is 1. The van der Waals surface area contributed by atoms with Crippen molar-refractivity contribution in [2.75, 3.05) is 39.4 Å². The zero-order valence-electron chi connectivity index (χ0n) is 11.9. The Morgan fingerprint density at radius 3 is 2.75 bits per heavy atom. The highest BCUT2D eigenvalue weighted by Crippen LogP contribution is 2.24. The Bertz CT molecular complexity index is 280. The van der Waals surface area contributed by atoms with Gasteiger partial charge in [0.1, 0.15) is 6.61 Å². The minimum atomic E-state index is -4.20. The number of rotatable bonds is 6. The van der Waals surface area contributed by atoms with Crippen molar-refractivity contribution in [3.8, 4) is 0 Å². The molecule has 2 atom stereocenters. The molecule has 0 radical (unpaired) electrons. The average Bonchev–Trinajstić information content (AvgIpc) is 2.91. The van der Waals surface area contributed by atoms with Crippen molar-refractivity contribution in [3.63, 3.8) is 0 Å². The maximum atomic E-state index is 11.9. The molecule has 2 aliphatic rings. The molecule has 2 fully saturated rings. The lowest BCUT2D eigenvalue weighted by Gasteiger charge is -2.35. The van der Waals surface area contributed by atoms with Gasteiger partial charge in [-0.1, -0.05) is 0 Å². The first-order valence-corrected chi connectivity index (χ1v) is 7.65. The lowest BCUT2D eigenvalue weighted by Crippen LogP contribution is -2.43. The number of nitrogens with zero attached hydrogens (tertiary/aromatic N) is 1. The van der Waals surface area contributed by atoms with Gasteiger partial charge in [0.05, 0.1) is 0 Å². The summed E-state index contributed by atoms with van der Waals surface area (Å²) in [7, 11) is 0. The summed E-state index contributed by atoms with van der Waals surface area (Å²) in [5.74, 6) is 0.711. The zero-order chi connectivity index (χ0) is 14.4. The van der Waals surface area contributed by atoms with Crippen molar-refractivity contribution < 1.29 is 17.9 Å². The third-order valence-corrected chi connectivity index (χ3v) is 4.24. The SMILES string of the molecule is FC(F)(F)COCCCN1CCCC(C2CCCN2)C1. The van der Waals surface area contributed by atoms with Crippen LogP contribution in [0.3, 0.4) is 0 Å². The summed E-state index contributed by atoms with van der Waals surface area (Å²) >= 11 is 0. The van der Waals surface area contributed by atoms with Gasteiger partial charge in [0.2, 0.25) is 0 Å².